The Hall–Kier alpha value is -2.57. The summed E-state index contributed by atoms with van der Waals surface area (Å²) in [6.45, 7) is 4.04. The molecule has 1 aromatic carbocycles. The summed E-state index contributed by atoms with van der Waals surface area (Å²) in [7, 11) is 0. The molecule has 0 spiro atoms. The summed E-state index contributed by atoms with van der Waals surface area (Å²) >= 11 is 0. The Kier molecular flexibility index (Phi) is 5.75. The average molecular weight is 359 g/mol. The fourth-order valence-corrected chi connectivity index (χ4v) is 3.47. The van der Waals surface area contributed by atoms with Gasteiger partial charge in [0.25, 0.3) is 0 Å². The summed E-state index contributed by atoms with van der Waals surface area (Å²) < 4.78 is 5.08. The molecular formula is C19H25N3O4. The molecule has 26 heavy (non-hydrogen) atoms. The van der Waals surface area contributed by atoms with E-state index in [1.54, 1.807) is 0 Å². The van der Waals surface area contributed by atoms with Crippen LogP contribution in [0.4, 0.5) is 5.69 Å². The second-order valence-electron chi connectivity index (χ2n) is 6.62. The Balaban J connectivity index is 1.66. The quantitative estimate of drug-likeness (QED) is 0.757. The molecule has 2 aliphatic heterocycles. The maximum absolute atomic E-state index is 12.9. The third kappa shape index (κ3) is 3.98. The van der Waals surface area contributed by atoms with Crippen LogP contribution in [0, 0.1) is 0 Å². The number of benzene rings is 1. The van der Waals surface area contributed by atoms with Crippen molar-refractivity contribution >= 4 is 23.5 Å². The van der Waals surface area contributed by atoms with Crippen LogP contribution >= 0.6 is 0 Å². The molecule has 1 N–H and O–H groups in total. The molecule has 0 saturated carbocycles. The number of carbonyl (C=O) groups excluding carboxylic acids is 3. The van der Waals surface area contributed by atoms with Crippen molar-refractivity contribution in [2.75, 3.05) is 37.7 Å². The second-order valence-corrected chi connectivity index (χ2v) is 6.62. The minimum absolute atomic E-state index is 0.103. The van der Waals surface area contributed by atoms with E-state index in [0.29, 0.717) is 19.7 Å². The van der Waals surface area contributed by atoms with Gasteiger partial charge in [-0.2, -0.15) is 0 Å². The summed E-state index contributed by atoms with van der Waals surface area (Å²) in [5, 5.41) is 2.73. The lowest BCUT2D eigenvalue weighted by molar-refractivity contribution is -0.151. The largest absolute Gasteiger partial charge is 0.466 e. The van der Waals surface area contributed by atoms with Crippen molar-refractivity contribution in [3.05, 3.63) is 29.8 Å². The Morgan fingerprint density at radius 3 is 2.88 bits per heavy atom. The van der Waals surface area contributed by atoms with E-state index in [-0.39, 0.29) is 24.8 Å². The van der Waals surface area contributed by atoms with Crippen LogP contribution in [0.3, 0.4) is 0 Å². The molecular weight excluding hydrogens is 334 g/mol. The van der Waals surface area contributed by atoms with E-state index in [1.807, 2.05) is 30.0 Å². The fourth-order valence-electron chi connectivity index (χ4n) is 3.47. The number of carbonyl (C=O) groups is 3. The predicted molar refractivity (Wildman–Crippen MR) is 96.7 cm³/mol. The van der Waals surface area contributed by atoms with Crippen molar-refractivity contribution in [1.29, 1.82) is 0 Å². The molecule has 1 unspecified atom stereocenters. The number of para-hydroxylation sites is 1. The Labute approximate surface area is 153 Å². The third-order valence-electron chi connectivity index (χ3n) is 4.79. The third-order valence-corrected chi connectivity index (χ3v) is 4.79. The van der Waals surface area contributed by atoms with E-state index in [9.17, 15) is 14.4 Å². The lowest BCUT2D eigenvalue weighted by atomic mass is 10.1. The van der Waals surface area contributed by atoms with Crippen LogP contribution in [0.25, 0.3) is 0 Å². The zero-order valence-corrected chi connectivity index (χ0v) is 15.1. The van der Waals surface area contributed by atoms with Crippen molar-refractivity contribution in [3.63, 3.8) is 0 Å². The van der Waals surface area contributed by atoms with Gasteiger partial charge in [0.1, 0.15) is 6.04 Å². The molecule has 7 nitrogen and oxygen atoms in total. The van der Waals surface area contributed by atoms with Crippen molar-refractivity contribution in [2.24, 2.45) is 0 Å². The molecule has 2 aliphatic rings. The van der Waals surface area contributed by atoms with Gasteiger partial charge in [-0.3, -0.25) is 14.4 Å². The number of hydrogen-bond donors (Lipinski definition) is 1. The number of piperazine rings is 1. The highest BCUT2D eigenvalue weighted by Crippen LogP contribution is 2.27. The van der Waals surface area contributed by atoms with Crippen molar-refractivity contribution < 1.29 is 19.1 Å². The highest BCUT2D eigenvalue weighted by atomic mass is 16.5. The first-order valence-corrected chi connectivity index (χ1v) is 9.15. The van der Waals surface area contributed by atoms with Gasteiger partial charge in [-0.1, -0.05) is 25.1 Å². The first kappa shape index (κ1) is 18.2. The zero-order chi connectivity index (χ0) is 18.5. The predicted octanol–water partition coefficient (Wildman–Crippen LogP) is 0.719. The molecule has 0 aromatic heterocycles. The first-order chi connectivity index (χ1) is 12.6. The first-order valence-electron chi connectivity index (χ1n) is 9.15. The normalized spacial score (nSPS) is 19.1. The Morgan fingerprint density at radius 2 is 2.08 bits per heavy atom. The van der Waals surface area contributed by atoms with Gasteiger partial charge < -0.3 is 19.9 Å². The number of hydrogen-bond acceptors (Lipinski definition) is 5. The van der Waals surface area contributed by atoms with E-state index >= 15 is 0 Å². The highest BCUT2D eigenvalue weighted by Gasteiger charge is 2.36. The number of nitrogens with one attached hydrogen (secondary N) is 1. The molecule has 140 valence electrons. The van der Waals surface area contributed by atoms with Gasteiger partial charge in [0.2, 0.25) is 11.8 Å². The lowest BCUT2D eigenvalue weighted by Gasteiger charge is -2.35. The van der Waals surface area contributed by atoms with Gasteiger partial charge >= 0.3 is 5.97 Å². The van der Waals surface area contributed by atoms with Crippen molar-refractivity contribution in [3.8, 4) is 0 Å². The molecule has 7 heteroatoms. The van der Waals surface area contributed by atoms with Crippen molar-refractivity contribution in [1.82, 2.24) is 10.2 Å². The summed E-state index contributed by atoms with van der Waals surface area (Å²) in [6.07, 6.45) is 1.53. The lowest BCUT2D eigenvalue weighted by Crippen LogP contribution is -2.59. The average Bonchev–Trinajstić information content (AvgIpc) is 3.04. The molecule has 1 aromatic rings. The van der Waals surface area contributed by atoms with Crippen LogP contribution in [0.1, 0.15) is 25.3 Å². The summed E-state index contributed by atoms with van der Waals surface area (Å²) in [5.41, 5.74) is 2.30. The molecule has 1 atom stereocenters. The molecule has 2 heterocycles. The van der Waals surface area contributed by atoms with E-state index in [4.69, 9.17) is 4.74 Å². The molecule has 0 radical (unpaired) electrons. The monoisotopic (exact) mass is 359 g/mol. The Bertz CT molecular complexity index is 691. The molecule has 0 bridgehead atoms. The van der Waals surface area contributed by atoms with Crippen LogP contribution in [-0.2, 0) is 25.5 Å². The fraction of sp³-hybridized carbons (Fsp3) is 0.526. The number of fused-ring (bicyclic) bond motifs is 1. The van der Waals surface area contributed by atoms with E-state index < -0.39 is 12.0 Å². The highest BCUT2D eigenvalue weighted by molar-refractivity contribution is 5.93. The summed E-state index contributed by atoms with van der Waals surface area (Å²) in [6, 6.07) is 7.25. The van der Waals surface area contributed by atoms with Gasteiger partial charge in [-0.05, 0) is 24.5 Å². The molecule has 2 amide bonds. The van der Waals surface area contributed by atoms with E-state index in [1.165, 1.54) is 10.5 Å². The number of anilines is 1. The summed E-state index contributed by atoms with van der Waals surface area (Å²) in [4.78, 5) is 40.6. The smallest absolute Gasteiger partial charge is 0.308 e. The van der Waals surface area contributed by atoms with Gasteiger partial charge in [-0.15, -0.1) is 0 Å². The van der Waals surface area contributed by atoms with Crippen LogP contribution in [0.5, 0.6) is 0 Å². The van der Waals surface area contributed by atoms with Crippen LogP contribution in [0.2, 0.25) is 0 Å². The number of rotatable bonds is 6. The van der Waals surface area contributed by atoms with Crippen LogP contribution < -0.4 is 10.2 Å². The van der Waals surface area contributed by atoms with Gasteiger partial charge in [0, 0.05) is 25.3 Å². The minimum Gasteiger partial charge on any atom is -0.466 e. The zero-order valence-electron chi connectivity index (χ0n) is 15.1. The van der Waals surface area contributed by atoms with Gasteiger partial charge in [0.05, 0.1) is 19.6 Å². The number of nitrogens with zero attached hydrogens (tertiary/aromatic N) is 2. The molecule has 1 saturated heterocycles. The van der Waals surface area contributed by atoms with Crippen LogP contribution in [-0.4, -0.2) is 61.5 Å². The second kappa shape index (κ2) is 8.21. The maximum Gasteiger partial charge on any atom is 0.308 e. The number of esters is 1. The summed E-state index contributed by atoms with van der Waals surface area (Å²) in [5.74, 6) is -0.872. The van der Waals surface area contributed by atoms with Gasteiger partial charge in [-0.25, -0.2) is 0 Å². The minimum atomic E-state index is -0.793. The maximum atomic E-state index is 12.9. The van der Waals surface area contributed by atoms with E-state index in [2.05, 4.69) is 11.4 Å². The standard InChI is InChI=1S/C19H25N3O4/c1-2-11-26-18(24)12-16-19(25)20-8-10-22(16)17(23)13-21-9-7-14-5-3-4-6-15(14)21/h3-6,16H,2,7-13H2,1H3,(H,20,25). The number of amides is 2. The topological polar surface area (TPSA) is 79.0 Å². The van der Waals surface area contributed by atoms with Crippen LogP contribution in [0.15, 0.2) is 24.3 Å². The van der Waals surface area contributed by atoms with Crippen molar-refractivity contribution in [2.45, 2.75) is 32.2 Å². The van der Waals surface area contributed by atoms with Gasteiger partial charge in [0.15, 0.2) is 0 Å². The van der Waals surface area contributed by atoms with E-state index in [0.717, 1.165) is 25.1 Å². The molecule has 0 aliphatic carbocycles. The molecule has 1 fully saturated rings. The Morgan fingerprint density at radius 1 is 1.27 bits per heavy atom. The number of ether oxygens (including phenoxy) is 1. The SMILES string of the molecule is CCCOC(=O)CC1C(=O)NCCN1C(=O)CN1CCc2ccccc21. The molecule has 3 rings (SSSR count).